The molecule has 60 valence electrons. The average Bonchev–Trinajstić information content (AvgIpc) is 1.88. The van der Waals surface area contributed by atoms with Gasteiger partial charge < -0.3 is 4.74 Å². The molecule has 1 nitrogen and oxygen atoms in total. The molecule has 0 aromatic rings. The zero-order chi connectivity index (χ0) is 7.56. The minimum atomic E-state index is -0.728. The summed E-state index contributed by atoms with van der Waals surface area (Å²) in [6.45, 7) is 5.19. The lowest BCUT2D eigenvalue weighted by molar-refractivity contribution is -0.0161. The molecule has 0 saturated carbocycles. The van der Waals surface area contributed by atoms with Crippen LogP contribution in [0.4, 0.5) is 4.39 Å². The molecular weight excluding hydrogens is 131 g/mol. The summed E-state index contributed by atoms with van der Waals surface area (Å²) in [5.41, 5.74) is 0. The maximum atomic E-state index is 13.0. The number of hydrogen-bond donors (Lipinski definition) is 0. The first-order valence-electron chi connectivity index (χ1n) is 3.93. The van der Waals surface area contributed by atoms with Crippen molar-refractivity contribution in [3.63, 3.8) is 0 Å². The predicted molar refractivity (Wildman–Crippen MR) is 38.7 cm³/mol. The summed E-state index contributed by atoms with van der Waals surface area (Å²) < 4.78 is 18.0. The fourth-order valence-corrected chi connectivity index (χ4v) is 1.47. The lowest BCUT2D eigenvalue weighted by atomic mass is 9.87. The summed E-state index contributed by atoms with van der Waals surface area (Å²) >= 11 is 0. The van der Waals surface area contributed by atoms with Gasteiger partial charge in [0.1, 0.15) is 6.17 Å². The lowest BCUT2D eigenvalue weighted by Gasteiger charge is -2.28. The largest absolute Gasteiger partial charge is 0.378 e. The van der Waals surface area contributed by atoms with Crippen molar-refractivity contribution in [2.75, 3.05) is 13.2 Å². The van der Waals surface area contributed by atoms with Crippen LogP contribution in [-0.4, -0.2) is 19.4 Å². The summed E-state index contributed by atoms with van der Waals surface area (Å²) in [7, 11) is 0. The number of hydrogen-bond acceptors (Lipinski definition) is 1. The van der Waals surface area contributed by atoms with Crippen molar-refractivity contribution in [3.05, 3.63) is 0 Å². The standard InChI is InChI=1S/C8H15FO/c1-6(2)7-3-4-10-5-8(7)9/h6-8H,3-5H2,1-2H3/t7-,8+/m0/s1. The Labute approximate surface area is 61.6 Å². The van der Waals surface area contributed by atoms with E-state index in [2.05, 4.69) is 13.8 Å². The Morgan fingerprint density at radius 2 is 2.20 bits per heavy atom. The van der Waals surface area contributed by atoms with Crippen molar-refractivity contribution in [3.8, 4) is 0 Å². The molecule has 0 bridgehead atoms. The van der Waals surface area contributed by atoms with Gasteiger partial charge in [-0.1, -0.05) is 13.8 Å². The van der Waals surface area contributed by atoms with E-state index in [1.165, 1.54) is 0 Å². The molecule has 1 fully saturated rings. The zero-order valence-corrected chi connectivity index (χ0v) is 6.64. The molecule has 0 amide bonds. The van der Waals surface area contributed by atoms with Gasteiger partial charge in [-0.25, -0.2) is 4.39 Å². The molecule has 10 heavy (non-hydrogen) atoms. The van der Waals surface area contributed by atoms with Gasteiger partial charge in [-0.05, 0) is 18.3 Å². The van der Waals surface area contributed by atoms with E-state index in [4.69, 9.17) is 4.74 Å². The van der Waals surface area contributed by atoms with E-state index in [1.807, 2.05) is 0 Å². The lowest BCUT2D eigenvalue weighted by Crippen LogP contribution is -2.32. The van der Waals surface area contributed by atoms with Gasteiger partial charge >= 0.3 is 0 Å². The Balaban J connectivity index is 2.40. The van der Waals surface area contributed by atoms with Gasteiger partial charge in [-0.2, -0.15) is 0 Å². The van der Waals surface area contributed by atoms with Gasteiger partial charge in [0.25, 0.3) is 0 Å². The highest BCUT2D eigenvalue weighted by atomic mass is 19.1. The molecule has 1 heterocycles. The maximum absolute atomic E-state index is 13.0. The van der Waals surface area contributed by atoms with Crippen LogP contribution in [0.5, 0.6) is 0 Å². The van der Waals surface area contributed by atoms with Crippen LogP contribution in [0, 0.1) is 11.8 Å². The summed E-state index contributed by atoms with van der Waals surface area (Å²) in [6, 6.07) is 0. The molecule has 2 heteroatoms. The van der Waals surface area contributed by atoms with Crippen LogP contribution in [-0.2, 0) is 4.74 Å². The van der Waals surface area contributed by atoms with E-state index < -0.39 is 6.17 Å². The first kappa shape index (κ1) is 7.99. The third kappa shape index (κ3) is 1.69. The average molecular weight is 146 g/mol. The molecule has 0 radical (unpaired) electrons. The van der Waals surface area contributed by atoms with Crippen LogP contribution in [0.15, 0.2) is 0 Å². The van der Waals surface area contributed by atoms with Crippen molar-refractivity contribution in [2.45, 2.75) is 26.4 Å². The highest BCUT2D eigenvalue weighted by Crippen LogP contribution is 2.25. The van der Waals surface area contributed by atoms with Crippen molar-refractivity contribution in [2.24, 2.45) is 11.8 Å². The van der Waals surface area contributed by atoms with E-state index in [0.29, 0.717) is 12.5 Å². The van der Waals surface area contributed by atoms with Gasteiger partial charge in [0.2, 0.25) is 0 Å². The third-order valence-corrected chi connectivity index (χ3v) is 2.19. The van der Waals surface area contributed by atoms with Crippen molar-refractivity contribution in [1.29, 1.82) is 0 Å². The molecular formula is C8H15FO. The van der Waals surface area contributed by atoms with Gasteiger partial charge in [-0.3, -0.25) is 0 Å². The predicted octanol–water partition coefficient (Wildman–Crippen LogP) is 2.02. The van der Waals surface area contributed by atoms with Crippen molar-refractivity contribution in [1.82, 2.24) is 0 Å². The second-order valence-corrected chi connectivity index (χ2v) is 3.29. The monoisotopic (exact) mass is 146 g/mol. The van der Waals surface area contributed by atoms with Crippen LogP contribution in [0.1, 0.15) is 20.3 Å². The summed E-state index contributed by atoms with van der Waals surface area (Å²) in [5, 5.41) is 0. The Bertz CT molecular complexity index is 103. The number of halogens is 1. The molecule has 0 aromatic carbocycles. The summed E-state index contributed by atoms with van der Waals surface area (Å²) in [6.07, 6.45) is 0.160. The molecule has 0 N–H and O–H groups in total. The van der Waals surface area contributed by atoms with Crippen molar-refractivity contribution >= 4 is 0 Å². The maximum Gasteiger partial charge on any atom is 0.126 e. The van der Waals surface area contributed by atoms with Gasteiger partial charge in [-0.15, -0.1) is 0 Å². The quantitative estimate of drug-likeness (QED) is 0.550. The van der Waals surface area contributed by atoms with E-state index in [9.17, 15) is 4.39 Å². The first-order valence-corrected chi connectivity index (χ1v) is 3.93. The van der Waals surface area contributed by atoms with E-state index in [1.54, 1.807) is 0 Å². The molecule has 0 spiro atoms. The molecule has 0 aliphatic carbocycles. The van der Waals surface area contributed by atoms with E-state index >= 15 is 0 Å². The highest BCUT2D eigenvalue weighted by molar-refractivity contribution is 4.75. The molecule has 0 aromatic heterocycles. The SMILES string of the molecule is CC(C)[C@@H]1CCOC[C@H]1F. The number of rotatable bonds is 1. The van der Waals surface area contributed by atoms with Gasteiger partial charge in [0, 0.05) is 6.61 Å². The van der Waals surface area contributed by atoms with Crippen LogP contribution < -0.4 is 0 Å². The summed E-state index contributed by atoms with van der Waals surface area (Å²) in [5.74, 6) is 0.688. The molecule has 2 atom stereocenters. The summed E-state index contributed by atoms with van der Waals surface area (Å²) in [4.78, 5) is 0. The Morgan fingerprint density at radius 3 is 2.60 bits per heavy atom. The van der Waals surface area contributed by atoms with Crippen LogP contribution >= 0.6 is 0 Å². The topological polar surface area (TPSA) is 9.23 Å². The molecule has 1 saturated heterocycles. The van der Waals surface area contributed by atoms with E-state index in [0.717, 1.165) is 13.0 Å². The van der Waals surface area contributed by atoms with Gasteiger partial charge in [0.05, 0.1) is 6.61 Å². The molecule has 1 aliphatic rings. The Kier molecular flexibility index (Phi) is 2.66. The number of alkyl halides is 1. The second kappa shape index (κ2) is 3.33. The highest BCUT2D eigenvalue weighted by Gasteiger charge is 2.27. The number of ether oxygens (including phenoxy) is 1. The Hall–Kier alpha value is -0.110. The molecule has 1 aliphatic heterocycles. The fourth-order valence-electron chi connectivity index (χ4n) is 1.47. The first-order chi connectivity index (χ1) is 4.72. The van der Waals surface area contributed by atoms with Crippen LogP contribution in [0.2, 0.25) is 0 Å². The molecule has 1 rings (SSSR count). The fraction of sp³-hybridized carbons (Fsp3) is 1.00. The minimum absolute atomic E-state index is 0.230. The van der Waals surface area contributed by atoms with Crippen molar-refractivity contribution < 1.29 is 9.13 Å². The minimum Gasteiger partial charge on any atom is -0.378 e. The normalized spacial score (nSPS) is 34.8. The smallest absolute Gasteiger partial charge is 0.126 e. The second-order valence-electron chi connectivity index (χ2n) is 3.29. The van der Waals surface area contributed by atoms with Crippen LogP contribution in [0.3, 0.4) is 0 Å². The van der Waals surface area contributed by atoms with Gasteiger partial charge in [0.15, 0.2) is 0 Å². The zero-order valence-electron chi connectivity index (χ0n) is 6.64. The third-order valence-electron chi connectivity index (χ3n) is 2.19. The molecule has 0 unspecified atom stereocenters. The van der Waals surface area contributed by atoms with Crippen LogP contribution in [0.25, 0.3) is 0 Å². The Morgan fingerprint density at radius 1 is 1.50 bits per heavy atom. The van der Waals surface area contributed by atoms with E-state index in [-0.39, 0.29) is 5.92 Å².